The second-order valence-electron chi connectivity index (χ2n) is 7.73. The van der Waals surface area contributed by atoms with Crippen LogP contribution >= 0.6 is 0 Å². The van der Waals surface area contributed by atoms with Gasteiger partial charge >= 0.3 is 0 Å². The van der Waals surface area contributed by atoms with E-state index < -0.39 is 0 Å². The van der Waals surface area contributed by atoms with Crippen LogP contribution in [0.5, 0.6) is 0 Å². The molecule has 5 heterocycles. The topological polar surface area (TPSA) is 93.7 Å². The normalized spacial score (nSPS) is 14.7. The molecule has 5 rings (SSSR count). The van der Waals surface area contributed by atoms with Gasteiger partial charge in [-0.2, -0.15) is 4.98 Å². The number of hydrogen-bond acceptors (Lipinski definition) is 8. The maximum Gasteiger partial charge on any atom is 0.230 e. The van der Waals surface area contributed by atoms with Crippen molar-refractivity contribution >= 4 is 5.82 Å². The first-order valence-corrected chi connectivity index (χ1v) is 10.5. The first-order chi connectivity index (χ1) is 15.2. The molecule has 0 spiro atoms. The molecule has 0 N–H and O–H groups in total. The van der Waals surface area contributed by atoms with Crippen LogP contribution in [0.2, 0.25) is 0 Å². The molecule has 1 fully saturated rings. The lowest BCUT2D eigenvalue weighted by molar-refractivity contribution is 0.329. The van der Waals surface area contributed by atoms with E-state index in [2.05, 4.69) is 36.9 Å². The molecule has 0 atom stereocenters. The van der Waals surface area contributed by atoms with Crippen LogP contribution in [0, 0.1) is 13.8 Å². The van der Waals surface area contributed by atoms with Gasteiger partial charge in [0.15, 0.2) is 5.82 Å². The van der Waals surface area contributed by atoms with E-state index >= 15 is 0 Å². The van der Waals surface area contributed by atoms with E-state index in [0.717, 1.165) is 54.4 Å². The summed E-state index contributed by atoms with van der Waals surface area (Å²) in [5, 5.41) is 4.12. The minimum atomic E-state index is 0.236. The van der Waals surface area contributed by atoms with Crippen LogP contribution in [-0.4, -0.2) is 43.2 Å². The van der Waals surface area contributed by atoms with Crippen molar-refractivity contribution < 1.29 is 4.52 Å². The highest BCUT2D eigenvalue weighted by Crippen LogP contribution is 2.32. The Bertz CT molecular complexity index is 1170. The Morgan fingerprint density at radius 1 is 0.839 bits per heavy atom. The van der Waals surface area contributed by atoms with Crippen LogP contribution in [0.3, 0.4) is 0 Å². The monoisotopic (exact) mass is 413 g/mol. The van der Waals surface area contributed by atoms with Gasteiger partial charge in [0.1, 0.15) is 17.2 Å². The quantitative estimate of drug-likeness (QED) is 0.496. The summed E-state index contributed by atoms with van der Waals surface area (Å²) >= 11 is 0. The third-order valence-electron chi connectivity index (χ3n) is 5.74. The van der Waals surface area contributed by atoms with Gasteiger partial charge in [-0.05, 0) is 51.0 Å². The van der Waals surface area contributed by atoms with Gasteiger partial charge in [0.2, 0.25) is 11.7 Å². The molecule has 31 heavy (non-hydrogen) atoms. The van der Waals surface area contributed by atoms with Crippen molar-refractivity contribution in [1.82, 2.24) is 30.1 Å². The van der Waals surface area contributed by atoms with Crippen LogP contribution in [-0.2, 0) is 0 Å². The van der Waals surface area contributed by atoms with E-state index in [-0.39, 0.29) is 5.92 Å². The smallest absolute Gasteiger partial charge is 0.230 e. The van der Waals surface area contributed by atoms with Gasteiger partial charge < -0.3 is 9.42 Å². The summed E-state index contributed by atoms with van der Waals surface area (Å²) in [6.45, 7) is 5.84. The molecule has 8 nitrogen and oxygen atoms in total. The lowest BCUT2D eigenvalue weighted by atomic mass is 9.96. The number of piperidine rings is 1. The maximum atomic E-state index is 5.57. The Morgan fingerprint density at radius 2 is 1.52 bits per heavy atom. The Labute approximate surface area is 180 Å². The van der Waals surface area contributed by atoms with Crippen LogP contribution < -0.4 is 4.90 Å². The van der Waals surface area contributed by atoms with Crippen molar-refractivity contribution in [3.05, 3.63) is 65.9 Å². The van der Waals surface area contributed by atoms with E-state index in [1.54, 1.807) is 12.4 Å². The largest absolute Gasteiger partial charge is 0.356 e. The third-order valence-corrected chi connectivity index (χ3v) is 5.74. The zero-order chi connectivity index (χ0) is 21.2. The molecule has 1 saturated heterocycles. The van der Waals surface area contributed by atoms with Crippen molar-refractivity contribution in [3.63, 3.8) is 0 Å². The minimum Gasteiger partial charge on any atom is -0.356 e. The molecule has 0 saturated carbocycles. The molecule has 0 aliphatic carbocycles. The Hall–Kier alpha value is -3.68. The molecule has 1 aliphatic rings. The Balaban J connectivity index is 1.33. The molecule has 1 aliphatic heterocycles. The van der Waals surface area contributed by atoms with Crippen LogP contribution in [0.4, 0.5) is 5.82 Å². The first kappa shape index (κ1) is 19.3. The highest BCUT2D eigenvalue weighted by molar-refractivity contribution is 5.57. The zero-order valence-electron chi connectivity index (χ0n) is 17.6. The van der Waals surface area contributed by atoms with Crippen LogP contribution in [0.15, 0.2) is 53.3 Å². The van der Waals surface area contributed by atoms with Crippen molar-refractivity contribution in [2.75, 3.05) is 18.0 Å². The summed E-state index contributed by atoms with van der Waals surface area (Å²) in [5.74, 6) is 3.11. The number of pyridine rings is 2. The second kappa shape index (κ2) is 8.22. The molecule has 0 aromatic carbocycles. The highest BCUT2D eigenvalue weighted by Gasteiger charge is 2.27. The van der Waals surface area contributed by atoms with Crippen LogP contribution in [0.25, 0.3) is 23.0 Å². The van der Waals surface area contributed by atoms with Gasteiger partial charge in [-0.3, -0.25) is 9.97 Å². The SMILES string of the molecule is Cc1nc(-c2ccccn2)nc(N2CCC(c3nc(-c4ccccn4)no3)CC2)c1C. The molecule has 8 heteroatoms. The lowest BCUT2D eigenvalue weighted by Gasteiger charge is -2.32. The summed E-state index contributed by atoms with van der Waals surface area (Å²) in [6, 6.07) is 11.5. The lowest BCUT2D eigenvalue weighted by Crippen LogP contribution is -2.34. The van der Waals surface area contributed by atoms with Gasteiger partial charge in [-0.25, -0.2) is 9.97 Å². The molecular weight excluding hydrogens is 390 g/mol. The second-order valence-corrected chi connectivity index (χ2v) is 7.73. The average Bonchev–Trinajstić information content (AvgIpc) is 3.32. The molecule has 0 bridgehead atoms. The zero-order valence-corrected chi connectivity index (χ0v) is 17.6. The van der Waals surface area contributed by atoms with E-state index in [1.807, 2.05) is 43.3 Å². The number of aryl methyl sites for hydroxylation is 1. The fourth-order valence-corrected chi connectivity index (χ4v) is 3.87. The molecule has 0 radical (unpaired) electrons. The van der Waals surface area contributed by atoms with Gasteiger partial charge in [0.25, 0.3) is 0 Å². The molecular formula is C23H23N7O. The van der Waals surface area contributed by atoms with E-state index in [4.69, 9.17) is 9.51 Å². The fraction of sp³-hybridized carbons (Fsp3) is 0.304. The summed E-state index contributed by atoms with van der Waals surface area (Å²) < 4.78 is 5.57. The van der Waals surface area contributed by atoms with Crippen LogP contribution in [0.1, 0.15) is 35.9 Å². The minimum absolute atomic E-state index is 0.236. The molecule has 156 valence electrons. The number of anilines is 1. The highest BCUT2D eigenvalue weighted by atomic mass is 16.5. The fourth-order valence-electron chi connectivity index (χ4n) is 3.87. The predicted octanol–water partition coefficient (Wildman–Crippen LogP) is 3.98. The van der Waals surface area contributed by atoms with Crippen molar-refractivity contribution in [2.24, 2.45) is 0 Å². The van der Waals surface area contributed by atoms with E-state index in [9.17, 15) is 0 Å². The van der Waals surface area contributed by atoms with E-state index in [1.165, 1.54) is 0 Å². The summed E-state index contributed by atoms with van der Waals surface area (Å²) in [5.41, 5.74) is 3.59. The van der Waals surface area contributed by atoms with Gasteiger partial charge in [0.05, 0.1) is 0 Å². The summed E-state index contributed by atoms with van der Waals surface area (Å²) in [4.78, 5) is 25.1. The van der Waals surface area contributed by atoms with E-state index in [0.29, 0.717) is 17.5 Å². The molecule has 0 amide bonds. The average molecular weight is 413 g/mol. The van der Waals surface area contributed by atoms with Crippen molar-refractivity contribution in [1.29, 1.82) is 0 Å². The standard InChI is InChI=1S/C23H23N7O/c1-15-16(2)26-20(18-7-3-5-11-24-18)27-22(15)30-13-9-17(10-14-30)23-28-21(29-31-23)19-8-4-6-12-25-19/h3-8,11-12,17H,9-10,13-14H2,1-2H3. The van der Waals surface area contributed by atoms with Gasteiger partial charge in [-0.1, -0.05) is 17.3 Å². The number of nitrogens with zero attached hydrogens (tertiary/aromatic N) is 7. The number of hydrogen-bond donors (Lipinski definition) is 0. The maximum absolute atomic E-state index is 5.57. The molecule has 0 unspecified atom stereocenters. The summed E-state index contributed by atoms with van der Waals surface area (Å²) in [7, 11) is 0. The molecule has 4 aromatic heterocycles. The summed E-state index contributed by atoms with van der Waals surface area (Å²) in [6.07, 6.45) is 5.34. The third kappa shape index (κ3) is 3.88. The van der Waals surface area contributed by atoms with Gasteiger partial charge in [0, 0.05) is 42.7 Å². The van der Waals surface area contributed by atoms with Gasteiger partial charge in [-0.15, -0.1) is 0 Å². The number of rotatable bonds is 4. The molecule has 4 aromatic rings. The Morgan fingerprint density at radius 3 is 2.16 bits per heavy atom. The van der Waals surface area contributed by atoms with Crippen molar-refractivity contribution in [2.45, 2.75) is 32.6 Å². The predicted molar refractivity (Wildman–Crippen MR) is 116 cm³/mol. The first-order valence-electron chi connectivity index (χ1n) is 10.5. The Kier molecular flexibility index (Phi) is 5.11. The van der Waals surface area contributed by atoms with Crippen molar-refractivity contribution in [3.8, 4) is 23.0 Å². The number of aromatic nitrogens is 6.